The summed E-state index contributed by atoms with van der Waals surface area (Å²) in [7, 11) is 0. The quantitative estimate of drug-likeness (QED) is 0.201. The van der Waals surface area contributed by atoms with E-state index in [1.54, 1.807) is 6.08 Å². The first kappa shape index (κ1) is 31.2. The van der Waals surface area contributed by atoms with Gasteiger partial charge < -0.3 is 29.5 Å². The van der Waals surface area contributed by atoms with Gasteiger partial charge in [-0.25, -0.2) is 4.68 Å². The molecule has 2 aromatic rings. The fraction of sp³-hybridized carbons (Fsp3) is 0.423. The highest BCUT2D eigenvalue weighted by Gasteiger charge is 2.53. The van der Waals surface area contributed by atoms with Crippen molar-refractivity contribution in [1.82, 2.24) is 14.5 Å². The summed E-state index contributed by atoms with van der Waals surface area (Å²) < 4.78 is 28.8. The molecule has 0 saturated carbocycles. The third kappa shape index (κ3) is 7.85. The molecule has 5 atom stereocenters. The van der Waals surface area contributed by atoms with Crippen molar-refractivity contribution < 1.29 is 42.9 Å². The molecule has 2 heterocycles. The number of nitrogens with zero attached hydrogens (tertiary/aromatic N) is 3. The summed E-state index contributed by atoms with van der Waals surface area (Å²) >= 11 is 5.37. The Bertz CT molecular complexity index is 1470. The van der Waals surface area contributed by atoms with Gasteiger partial charge in [0.1, 0.15) is 12.7 Å². The number of carbonyl (C=O) groups excluding carboxylic acids is 4. The number of aromatic nitrogens is 3. The number of aryl methyl sites for hydroxylation is 1. The number of hydrogen-bond donors (Lipinski definition) is 1. The molecule has 0 amide bonds. The van der Waals surface area contributed by atoms with Crippen LogP contribution in [-0.2, 0) is 42.9 Å². The smallest absolute Gasteiger partial charge is 0.303 e. The van der Waals surface area contributed by atoms with Gasteiger partial charge in [0.2, 0.25) is 4.77 Å². The average molecular weight is 591 g/mol. The molecule has 1 fully saturated rings. The summed E-state index contributed by atoms with van der Waals surface area (Å²) in [5, 5.41) is 4.32. The lowest BCUT2D eigenvalue weighted by molar-refractivity contribution is -0.271. The Labute approximate surface area is 239 Å². The lowest BCUT2D eigenvalue weighted by atomic mass is 9.97. The van der Waals surface area contributed by atoms with E-state index < -0.39 is 66.7 Å². The Morgan fingerprint density at radius 2 is 1.49 bits per heavy atom. The number of nitrogens with two attached hydrogens (primary N) is 1. The van der Waals surface area contributed by atoms with Crippen molar-refractivity contribution in [3.05, 3.63) is 56.2 Å². The third-order valence-electron chi connectivity index (χ3n) is 5.77. The number of ether oxygens (including phenoxy) is 5. The largest absolute Gasteiger partial charge is 0.463 e. The van der Waals surface area contributed by atoms with Gasteiger partial charge in [0.25, 0.3) is 5.56 Å². The standard InChI is InChI=1S/C26H30N4O10S/c1-13-6-8-18(9-7-13)10-11-19-24(35)29(27)26(41)30(28-19)25-23(39-17(5)34)22(38-16(4)33)21(37-15(3)32)20(40-25)12-36-14(2)31/h6-11,20-23,25H,12,27H2,1-5H3/b11-10+. The number of rotatable bonds is 8. The van der Waals surface area contributed by atoms with E-state index in [4.69, 9.17) is 41.7 Å². The summed E-state index contributed by atoms with van der Waals surface area (Å²) in [6.45, 7) is 5.93. The molecule has 1 aromatic carbocycles. The Morgan fingerprint density at radius 1 is 0.927 bits per heavy atom. The van der Waals surface area contributed by atoms with E-state index in [0.717, 1.165) is 43.5 Å². The van der Waals surface area contributed by atoms with E-state index in [-0.39, 0.29) is 10.5 Å². The molecule has 1 saturated heterocycles. The molecule has 41 heavy (non-hydrogen) atoms. The van der Waals surface area contributed by atoms with Crippen LogP contribution in [0.25, 0.3) is 12.2 Å². The molecule has 15 heteroatoms. The van der Waals surface area contributed by atoms with Crippen LogP contribution in [0.5, 0.6) is 0 Å². The van der Waals surface area contributed by atoms with Gasteiger partial charge in [0.05, 0.1) is 0 Å². The molecule has 5 unspecified atom stereocenters. The van der Waals surface area contributed by atoms with Gasteiger partial charge in [-0.3, -0.25) is 24.0 Å². The van der Waals surface area contributed by atoms with Gasteiger partial charge in [-0.1, -0.05) is 35.9 Å². The molecule has 14 nitrogen and oxygen atoms in total. The van der Waals surface area contributed by atoms with Gasteiger partial charge in [-0.05, 0) is 30.8 Å². The van der Waals surface area contributed by atoms with Crippen LogP contribution in [0.1, 0.15) is 50.7 Å². The second-order valence-electron chi connectivity index (χ2n) is 9.12. The van der Waals surface area contributed by atoms with Gasteiger partial charge in [-0.15, -0.1) is 0 Å². The van der Waals surface area contributed by atoms with Crippen molar-refractivity contribution in [2.45, 2.75) is 65.3 Å². The molecule has 220 valence electrons. The van der Waals surface area contributed by atoms with Gasteiger partial charge in [-0.2, -0.15) is 9.77 Å². The zero-order chi connectivity index (χ0) is 30.4. The number of benzene rings is 1. The molecular formula is C26H30N4O10S. The summed E-state index contributed by atoms with van der Waals surface area (Å²) in [4.78, 5) is 60.7. The Kier molecular flexibility index (Phi) is 10.1. The molecule has 0 bridgehead atoms. The van der Waals surface area contributed by atoms with Crippen molar-refractivity contribution in [2.24, 2.45) is 0 Å². The second kappa shape index (κ2) is 13.3. The van der Waals surface area contributed by atoms with Gasteiger partial charge in [0.15, 0.2) is 30.2 Å². The topological polar surface area (TPSA) is 180 Å². The number of hydrogen-bond acceptors (Lipinski definition) is 13. The number of carbonyl (C=O) groups is 4. The van der Waals surface area contributed by atoms with Crippen LogP contribution in [0.15, 0.2) is 29.1 Å². The highest BCUT2D eigenvalue weighted by Crippen LogP contribution is 2.34. The lowest BCUT2D eigenvalue weighted by Crippen LogP contribution is -2.61. The molecule has 1 aromatic heterocycles. The van der Waals surface area contributed by atoms with E-state index >= 15 is 0 Å². The van der Waals surface area contributed by atoms with Crippen molar-refractivity contribution >= 4 is 48.2 Å². The van der Waals surface area contributed by atoms with E-state index in [1.165, 1.54) is 6.08 Å². The highest BCUT2D eigenvalue weighted by molar-refractivity contribution is 7.71. The molecule has 3 rings (SSSR count). The Balaban J connectivity index is 2.18. The minimum atomic E-state index is -1.50. The second-order valence-corrected chi connectivity index (χ2v) is 9.49. The average Bonchev–Trinajstić information content (AvgIpc) is 2.88. The molecule has 1 aliphatic heterocycles. The fourth-order valence-corrected chi connectivity index (χ4v) is 4.28. The molecule has 1 aliphatic rings. The van der Waals surface area contributed by atoms with Crippen LogP contribution < -0.4 is 11.4 Å². The third-order valence-corrected chi connectivity index (χ3v) is 6.16. The van der Waals surface area contributed by atoms with E-state index in [0.29, 0.717) is 4.68 Å². The minimum Gasteiger partial charge on any atom is -0.463 e. The maximum atomic E-state index is 12.9. The van der Waals surface area contributed by atoms with Crippen molar-refractivity contribution in [2.75, 3.05) is 12.4 Å². The first-order valence-electron chi connectivity index (χ1n) is 12.3. The zero-order valence-electron chi connectivity index (χ0n) is 23.0. The first-order chi connectivity index (χ1) is 19.3. The lowest BCUT2D eigenvalue weighted by Gasteiger charge is -2.44. The van der Waals surface area contributed by atoms with Crippen LogP contribution in [0.4, 0.5) is 0 Å². The van der Waals surface area contributed by atoms with Crippen LogP contribution >= 0.6 is 12.2 Å². The summed E-state index contributed by atoms with van der Waals surface area (Å²) in [6.07, 6.45) is -4.04. The Hall–Kier alpha value is -4.37. The van der Waals surface area contributed by atoms with Crippen molar-refractivity contribution in [1.29, 1.82) is 0 Å². The van der Waals surface area contributed by atoms with Crippen LogP contribution in [0.2, 0.25) is 0 Å². The van der Waals surface area contributed by atoms with E-state index in [9.17, 15) is 24.0 Å². The maximum absolute atomic E-state index is 12.9. The van der Waals surface area contributed by atoms with E-state index in [2.05, 4.69) is 5.10 Å². The SMILES string of the molecule is CC(=O)OCC1OC(n2nc(/C=C/c3ccc(C)cc3)c(=O)n(N)c2=S)C(OC(C)=O)C(OC(C)=O)C1OC(C)=O. The summed E-state index contributed by atoms with van der Waals surface area (Å²) in [5.74, 6) is 2.91. The van der Waals surface area contributed by atoms with Crippen LogP contribution in [0.3, 0.4) is 0 Å². The molecule has 2 N–H and O–H groups in total. The monoisotopic (exact) mass is 590 g/mol. The normalized spacial score (nSPS) is 22.1. The van der Waals surface area contributed by atoms with Crippen molar-refractivity contribution in [3.8, 4) is 0 Å². The zero-order valence-corrected chi connectivity index (χ0v) is 23.8. The van der Waals surface area contributed by atoms with Crippen LogP contribution in [0, 0.1) is 11.7 Å². The molecule has 0 spiro atoms. The maximum Gasteiger partial charge on any atom is 0.303 e. The van der Waals surface area contributed by atoms with E-state index in [1.807, 2.05) is 31.2 Å². The molecular weight excluding hydrogens is 560 g/mol. The van der Waals surface area contributed by atoms with Gasteiger partial charge in [0, 0.05) is 27.7 Å². The Morgan fingerprint density at radius 3 is 2.05 bits per heavy atom. The van der Waals surface area contributed by atoms with Crippen LogP contribution in [-0.4, -0.2) is 69.4 Å². The predicted molar refractivity (Wildman–Crippen MR) is 145 cm³/mol. The minimum absolute atomic E-state index is 0.158. The van der Waals surface area contributed by atoms with Gasteiger partial charge >= 0.3 is 23.9 Å². The first-order valence-corrected chi connectivity index (χ1v) is 12.8. The summed E-state index contributed by atoms with van der Waals surface area (Å²) in [6, 6.07) is 7.44. The van der Waals surface area contributed by atoms with Crippen molar-refractivity contribution in [3.63, 3.8) is 0 Å². The summed E-state index contributed by atoms with van der Waals surface area (Å²) in [5.41, 5.74) is 0.915. The highest BCUT2D eigenvalue weighted by atomic mass is 32.1. The fourth-order valence-electron chi connectivity index (χ4n) is 4.05. The number of nitrogen functional groups attached to an aromatic ring is 1. The molecule has 0 radical (unpaired) electrons. The molecule has 0 aliphatic carbocycles. The predicted octanol–water partition coefficient (Wildman–Crippen LogP) is 1.22. The number of esters is 4.